The van der Waals surface area contributed by atoms with Gasteiger partial charge in [0.1, 0.15) is 17.4 Å². The molecule has 3 aromatic rings. The van der Waals surface area contributed by atoms with Gasteiger partial charge in [0.15, 0.2) is 0 Å². The van der Waals surface area contributed by atoms with Crippen molar-refractivity contribution < 1.29 is 9.59 Å². The van der Waals surface area contributed by atoms with E-state index < -0.39 is 6.04 Å². The first-order chi connectivity index (χ1) is 16.7. The molecule has 0 radical (unpaired) electrons. The predicted octanol–water partition coefficient (Wildman–Crippen LogP) is 2.58. The molecule has 174 valence electrons. The number of carbonyl (C=O) groups excluding carboxylic acids is 2. The first kappa shape index (κ1) is 21.8. The summed E-state index contributed by atoms with van der Waals surface area (Å²) in [6, 6.07) is 13.3. The standard InChI is InChI=1S/C25H27N7O2/c33-23(30-20-9-4-6-13-27-24(20)34)19-16-29-25(32-14-11-17-7-1-2-10-21(17)32)31-22(19)28-15-18-8-3-5-12-26-18/h1-3,5,7-8,10,12,16,20H,4,6,9,11,13-15H2,(H,27,34)(H,30,33)(H,28,29,31). The largest absolute Gasteiger partial charge is 0.364 e. The summed E-state index contributed by atoms with van der Waals surface area (Å²) in [6.45, 7) is 1.81. The van der Waals surface area contributed by atoms with Crippen LogP contribution >= 0.6 is 0 Å². The Bertz CT molecular complexity index is 1180. The molecule has 1 unspecified atom stereocenters. The Morgan fingerprint density at radius 1 is 1.12 bits per heavy atom. The fraction of sp³-hybridized carbons (Fsp3) is 0.320. The molecule has 3 N–H and O–H groups in total. The van der Waals surface area contributed by atoms with Gasteiger partial charge < -0.3 is 20.9 Å². The minimum atomic E-state index is -0.566. The third kappa shape index (κ3) is 4.68. The summed E-state index contributed by atoms with van der Waals surface area (Å²) in [6.07, 6.45) is 6.56. The number of carbonyl (C=O) groups is 2. The van der Waals surface area contributed by atoms with E-state index in [1.165, 1.54) is 11.8 Å². The van der Waals surface area contributed by atoms with Gasteiger partial charge in [0, 0.05) is 31.2 Å². The van der Waals surface area contributed by atoms with Crippen LogP contribution in [0, 0.1) is 0 Å². The first-order valence-electron chi connectivity index (χ1n) is 11.6. The quantitative estimate of drug-likeness (QED) is 0.522. The first-order valence-corrected chi connectivity index (χ1v) is 11.6. The van der Waals surface area contributed by atoms with Crippen molar-refractivity contribution >= 4 is 29.3 Å². The maximum Gasteiger partial charge on any atom is 0.257 e. The van der Waals surface area contributed by atoms with Crippen molar-refractivity contribution in [2.24, 2.45) is 0 Å². The van der Waals surface area contributed by atoms with Gasteiger partial charge in [0.05, 0.1) is 12.2 Å². The number of rotatable bonds is 6. The second kappa shape index (κ2) is 9.86. The fourth-order valence-electron chi connectivity index (χ4n) is 4.34. The summed E-state index contributed by atoms with van der Waals surface area (Å²) in [7, 11) is 0. The Hall–Kier alpha value is -4.01. The molecule has 4 heterocycles. The molecule has 5 rings (SSSR count). The van der Waals surface area contributed by atoms with E-state index in [1.54, 1.807) is 6.20 Å². The number of hydrogen-bond acceptors (Lipinski definition) is 7. The van der Waals surface area contributed by atoms with Crippen molar-refractivity contribution in [3.63, 3.8) is 0 Å². The summed E-state index contributed by atoms with van der Waals surface area (Å²) in [4.78, 5) is 41.2. The van der Waals surface area contributed by atoms with Crippen LogP contribution < -0.4 is 20.9 Å². The molecule has 9 heteroatoms. The van der Waals surface area contributed by atoms with E-state index in [9.17, 15) is 9.59 Å². The molecule has 0 bridgehead atoms. The second-order valence-corrected chi connectivity index (χ2v) is 8.45. The van der Waals surface area contributed by atoms with Crippen molar-refractivity contribution in [3.8, 4) is 0 Å². The monoisotopic (exact) mass is 457 g/mol. The van der Waals surface area contributed by atoms with Crippen LogP contribution in [-0.4, -0.2) is 45.9 Å². The van der Waals surface area contributed by atoms with Gasteiger partial charge in [0.2, 0.25) is 11.9 Å². The highest BCUT2D eigenvalue weighted by Crippen LogP contribution is 2.33. The molecule has 0 saturated carbocycles. The van der Waals surface area contributed by atoms with E-state index in [-0.39, 0.29) is 11.8 Å². The van der Waals surface area contributed by atoms with Gasteiger partial charge in [-0.3, -0.25) is 14.6 Å². The second-order valence-electron chi connectivity index (χ2n) is 8.45. The molecule has 2 aliphatic heterocycles. The van der Waals surface area contributed by atoms with Crippen LogP contribution in [0.3, 0.4) is 0 Å². The maximum absolute atomic E-state index is 13.2. The molecule has 1 aromatic carbocycles. The van der Waals surface area contributed by atoms with E-state index in [0.717, 1.165) is 37.2 Å². The van der Waals surface area contributed by atoms with E-state index in [1.807, 2.05) is 30.3 Å². The Morgan fingerprint density at radius 2 is 2.00 bits per heavy atom. The molecule has 2 aromatic heterocycles. The number of aromatic nitrogens is 3. The molecule has 1 atom stereocenters. The minimum Gasteiger partial charge on any atom is -0.364 e. The van der Waals surface area contributed by atoms with Gasteiger partial charge in [-0.1, -0.05) is 24.3 Å². The van der Waals surface area contributed by atoms with E-state index >= 15 is 0 Å². The molecule has 2 amide bonds. The highest BCUT2D eigenvalue weighted by atomic mass is 16.2. The highest BCUT2D eigenvalue weighted by molar-refractivity contribution is 6.01. The Labute approximate surface area is 198 Å². The number of hydrogen-bond donors (Lipinski definition) is 3. The lowest BCUT2D eigenvalue weighted by molar-refractivity contribution is -0.122. The lowest BCUT2D eigenvalue weighted by Crippen LogP contribution is -2.45. The van der Waals surface area contributed by atoms with Crippen molar-refractivity contribution in [1.82, 2.24) is 25.6 Å². The smallest absolute Gasteiger partial charge is 0.257 e. The predicted molar refractivity (Wildman–Crippen MR) is 129 cm³/mol. The van der Waals surface area contributed by atoms with Crippen LogP contribution in [0.25, 0.3) is 0 Å². The van der Waals surface area contributed by atoms with E-state index in [0.29, 0.717) is 36.8 Å². The number of pyridine rings is 1. The zero-order valence-electron chi connectivity index (χ0n) is 18.8. The van der Waals surface area contributed by atoms with Crippen LogP contribution in [0.15, 0.2) is 54.9 Å². The molecule has 0 spiro atoms. The topological polar surface area (TPSA) is 112 Å². The van der Waals surface area contributed by atoms with Crippen LogP contribution in [0.1, 0.15) is 40.9 Å². The summed E-state index contributed by atoms with van der Waals surface area (Å²) in [5.41, 5.74) is 3.44. The Morgan fingerprint density at radius 3 is 2.88 bits per heavy atom. The van der Waals surface area contributed by atoms with Gasteiger partial charge in [-0.15, -0.1) is 0 Å². The number of nitrogens with zero attached hydrogens (tertiary/aromatic N) is 4. The molecule has 0 aliphatic carbocycles. The molecule has 1 fully saturated rings. The summed E-state index contributed by atoms with van der Waals surface area (Å²) < 4.78 is 0. The zero-order chi connectivity index (χ0) is 23.3. The molecular weight excluding hydrogens is 430 g/mol. The summed E-state index contributed by atoms with van der Waals surface area (Å²) in [5, 5.41) is 8.98. The van der Waals surface area contributed by atoms with Gasteiger partial charge in [-0.25, -0.2) is 4.98 Å². The lowest BCUT2D eigenvalue weighted by Gasteiger charge is -2.20. The third-order valence-electron chi connectivity index (χ3n) is 6.15. The fourth-order valence-corrected chi connectivity index (χ4v) is 4.34. The Kier molecular flexibility index (Phi) is 6.33. The average Bonchev–Trinajstić information content (AvgIpc) is 3.20. The van der Waals surface area contributed by atoms with Crippen molar-refractivity contribution in [2.75, 3.05) is 23.3 Å². The van der Waals surface area contributed by atoms with E-state index in [4.69, 9.17) is 4.98 Å². The van der Waals surface area contributed by atoms with Gasteiger partial charge in [-0.05, 0) is 49.4 Å². The summed E-state index contributed by atoms with van der Waals surface area (Å²) in [5.74, 6) is 0.405. The number of fused-ring (bicyclic) bond motifs is 1. The van der Waals surface area contributed by atoms with Crippen LogP contribution in [0.4, 0.5) is 17.5 Å². The molecule has 1 saturated heterocycles. The molecule has 34 heavy (non-hydrogen) atoms. The van der Waals surface area contributed by atoms with Crippen LogP contribution in [0.5, 0.6) is 0 Å². The zero-order valence-corrected chi connectivity index (χ0v) is 18.8. The third-order valence-corrected chi connectivity index (χ3v) is 6.15. The van der Waals surface area contributed by atoms with Crippen molar-refractivity contribution in [1.29, 1.82) is 0 Å². The summed E-state index contributed by atoms with van der Waals surface area (Å²) >= 11 is 0. The van der Waals surface area contributed by atoms with Gasteiger partial charge in [0.25, 0.3) is 5.91 Å². The molecule has 2 aliphatic rings. The minimum absolute atomic E-state index is 0.153. The average molecular weight is 458 g/mol. The normalized spacial score (nSPS) is 17.5. The van der Waals surface area contributed by atoms with Gasteiger partial charge in [-0.2, -0.15) is 4.98 Å². The number of amides is 2. The lowest BCUT2D eigenvalue weighted by atomic mass is 10.1. The number of anilines is 3. The van der Waals surface area contributed by atoms with E-state index in [2.05, 4.69) is 43.0 Å². The van der Waals surface area contributed by atoms with Crippen molar-refractivity contribution in [2.45, 2.75) is 38.3 Å². The van der Waals surface area contributed by atoms with Crippen LogP contribution in [-0.2, 0) is 17.8 Å². The highest BCUT2D eigenvalue weighted by Gasteiger charge is 2.27. The Balaban J connectivity index is 1.42. The van der Waals surface area contributed by atoms with Gasteiger partial charge >= 0.3 is 0 Å². The molecular formula is C25H27N7O2. The van der Waals surface area contributed by atoms with Crippen LogP contribution in [0.2, 0.25) is 0 Å². The number of para-hydroxylation sites is 1. The molecule has 9 nitrogen and oxygen atoms in total. The SMILES string of the molecule is O=C(NC1CCCCNC1=O)c1cnc(N2CCc3ccccc32)nc1NCc1ccccn1. The number of benzene rings is 1. The van der Waals surface area contributed by atoms with Crippen molar-refractivity contribution in [3.05, 3.63) is 71.7 Å². The maximum atomic E-state index is 13.2. The number of nitrogens with one attached hydrogen (secondary N) is 3.